The molecule has 1 aliphatic heterocycles. The third-order valence-corrected chi connectivity index (χ3v) is 7.61. The highest BCUT2D eigenvalue weighted by Gasteiger charge is 2.58. The lowest BCUT2D eigenvalue weighted by molar-refractivity contribution is -0.163. The molecule has 0 aromatic heterocycles. The molecular formula is C22H39NO6SSi. The summed E-state index contributed by atoms with van der Waals surface area (Å²) in [4.78, 5) is 37.9. The first-order valence-corrected chi connectivity index (χ1v) is 14.2. The number of carbonyl (C=O) groups is 3. The van der Waals surface area contributed by atoms with Crippen LogP contribution in [-0.2, 0) is 28.3 Å². The molecule has 9 heteroatoms. The molecule has 31 heavy (non-hydrogen) atoms. The van der Waals surface area contributed by atoms with Gasteiger partial charge < -0.3 is 19.2 Å². The zero-order valence-electron chi connectivity index (χ0n) is 20.4. The highest BCUT2D eigenvalue weighted by Crippen LogP contribution is 2.46. The second-order valence-corrected chi connectivity index (χ2v) is 12.4. The lowest BCUT2D eigenvalue weighted by Crippen LogP contribution is -2.72. The lowest BCUT2D eigenvalue weighted by atomic mass is 9.62. The van der Waals surface area contributed by atoms with E-state index < -0.39 is 32.5 Å². The molecule has 1 aliphatic rings. The lowest BCUT2D eigenvalue weighted by Gasteiger charge is -2.55. The van der Waals surface area contributed by atoms with Gasteiger partial charge in [-0.2, -0.15) is 0 Å². The predicted octanol–water partition coefficient (Wildman–Crippen LogP) is 3.04. The maximum atomic E-state index is 12.7. The van der Waals surface area contributed by atoms with Gasteiger partial charge in [0.1, 0.15) is 0 Å². The molecule has 0 bridgehead atoms. The minimum atomic E-state index is -1.44. The van der Waals surface area contributed by atoms with Crippen LogP contribution in [0, 0.1) is 23.2 Å². The van der Waals surface area contributed by atoms with Crippen molar-refractivity contribution in [2.75, 3.05) is 13.2 Å². The number of rotatable bonds is 11. The Labute approximate surface area is 193 Å². The monoisotopic (exact) mass is 473 g/mol. The molecule has 4 atom stereocenters. The number of amides is 1. The zero-order chi connectivity index (χ0) is 24.1. The normalized spacial score (nSPS) is 21.7. The molecule has 0 aromatic rings. The van der Waals surface area contributed by atoms with E-state index in [0.29, 0.717) is 4.86 Å². The van der Waals surface area contributed by atoms with Gasteiger partial charge in [-0.1, -0.05) is 39.9 Å². The fourth-order valence-electron chi connectivity index (χ4n) is 3.95. The zero-order valence-corrected chi connectivity index (χ0v) is 22.3. The number of nitrogens with one attached hydrogen (secondary N) is 1. The van der Waals surface area contributed by atoms with Gasteiger partial charge in [0.15, 0.2) is 15.0 Å². The van der Waals surface area contributed by atoms with Crippen LogP contribution in [0.4, 0.5) is 0 Å². The Morgan fingerprint density at radius 1 is 1.10 bits per heavy atom. The predicted molar refractivity (Wildman–Crippen MR) is 126 cm³/mol. The first kappa shape index (κ1) is 27.7. The van der Waals surface area contributed by atoms with Gasteiger partial charge in [-0.05, 0) is 44.1 Å². The molecule has 0 saturated carbocycles. The van der Waals surface area contributed by atoms with E-state index in [-0.39, 0.29) is 48.8 Å². The third kappa shape index (κ3) is 6.35. The number of β-lactam (4-membered cyclic amide) rings is 1. The molecule has 0 aromatic carbocycles. The fraction of sp³-hybridized carbons (Fsp3) is 0.818. The van der Waals surface area contributed by atoms with Crippen LogP contribution < -0.4 is 5.32 Å². The summed E-state index contributed by atoms with van der Waals surface area (Å²) < 4.78 is 16.5. The number of esters is 2. The maximum Gasteiger partial charge on any atom is 0.320 e. The van der Waals surface area contributed by atoms with E-state index in [2.05, 4.69) is 39.2 Å². The average molecular weight is 474 g/mol. The van der Waals surface area contributed by atoms with E-state index in [9.17, 15) is 14.4 Å². The minimum Gasteiger partial charge on any atom is -0.465 e. The number of ether oxygens (including phenoxy) is 2. The smallest absolute Gasteiger partial charge is 0.320 e. The van der Waals surface area contributed by atoms with Crippen molar-refractivity contribution in [2.24, 2.45) is 23.2 Å². The molecule has 1 rings (SSSR count). The number of thiocarbonyl (C=S) groups is 1. The quantitative estimate of drug-likeness (QED) is 0.162. The van der Waals surface area contributed by atoms with Gasteiger partial charge in [0, 0.05) is 12.3 Å². The Morgan fingerprint density at radius 2 is 1.58 bits per heavy atom. The summed E-state index contributed by atoms with van der Waals surface area (Å²) in [6.07, 6.45) is 0.0409. The summed E-state index contributed by atoms with van der Waals surface area (Å²) >= 11 is 5.63. The van der Waals surface area contributed by atoms with Gasteiger partial charge in [-0.15, -0.1) is 0 Å². The van der Waals surface area contributed by atoms with Crippen molar-refractivity contribution >= 4 is 44.0 Å². The minimum absolute atomic E-state index is 0.0409. The van der Waals surface area contributed by atoms with Crippen LogP contribution in [0.25, 0.3) is 0 Å². The van der Waals surface area contributed by atoms with Gasteiger partial charge in [0.25, 0.3) is 0 Å². The van der Waals surface area contributed by atoms with Crippen LogP contribution in [-0.4, -0.2) is 56.6 Å². The van der Waals surface area contributed by atoms with Gasteiger partial charge in [-0.25, -0.2) is 0 Å². The van der Waals surface area contributed by atoms with Crippen molar-refractivity contribution in [2.45, 2.75) is 79.6 Å². The number of hydrogen-bond donors (Lipinski definition) is 1. The first-order chi connectivity index (χ1) is 14.2. The van der Waals surface area contributed by atoms with E-state index in [1.54, 1.807) is 13.8 Å². The molecule has 0 unspecified atom stereocenters. The van der Waals surface area contributed by atoms with Crippen molar-refractivity contribution in [1.82, 2.24) is 5.32 Å². The standard InChI is InChI=1S/C22H39NO6SSi/c1-10-27-19(25)14(20(26)28-11-2)12-15(30)13(3)17-16(18(24)23-17)22(7,21(4,5)6)29-31(8)9/h13-14,16-17,31H,10-12H2,1-9H3,(H,23,24)/t13-,16+,17+,22+/m0/s1. The Balaban J connectivity index is 3.10. The molecule has 0 radical (unpaired) electrons. The Bertz CT molecular complexity index is 674. The Kier molecular flexibility index (Phi) is 9.84. The topological polar surface area (TPSA) is 90.9 Å². The van der Waals surface area contributed by atoms with Crippen LogP contribution in [0.1, 0.15) is 54.9 Å². The van der Waals surface area contributed by atoms with E-state index in [4.69, 9.17) is 26.1 Å². The van der Waals surface area contributed by atoms with Gasteiger partial charge in [0.05, 0.1) is 30.8 Å². The number of carbonyl (C=O) groups excluding carboxylic acids is 3. The van der Waals surface area contributed by atoms with Crippen LogP contribution in [0.15, 0.2) is 0 Å². The van der Waals surface area contributed by atoms with Crippen molar-refractivity contribution in [1.29, 1.82) is 0 Å². The second kappa shape index (κ2) is 11.0. The first-order valence-electron chi connectivity index (χ1n) is 11.0. The van der Waals surface area contributed by atoms with Crippen LogP contribution >= 0.6 is 12.2 Å². The molecule has 7 nitrogen and oxygen atoms in total. The third-order valence-electron chi connectivity index (χ3n) is 6.11. The van der Waals surface area contributed by atoms with Crippen molar-refractivity contribution in [3.63, 3.8) is 0 Å². The summed E-state index contributed by atoms with van der Waals surface area (Å²) in [5, 5.41) is 2.98. The van der Waals surface area contributed by atoms with E-state index in [0.717, 1.165) is 0 Å². The molecule has 1 heterocycles. The van der Waals surface area contributed by atoms with E-state index >= 15 is 0 Å². The van der Waals surface area contributed by atoms with Crippen molar-refractivity contribution in [3.8, 4) is 0 Å². The molecule has 0 aliphatic carbocycles. The molecule has 0 spiro atoms. The van der Waals surface area contributed by atoms with Gasteiger partial charge >= 0.3 is 11.9 Å². The SMILES string of the molecule is CCOC(=O)C(CC(=S)[C@H](C)[C@H]1NC(=O)[C@@H]1[C@@](C)(O[SiH](C)C)C(C)(C)C)C(=O)OCC. The van der Waals surface area contributed by atoms with Crippen LogP contribution in [0.2, 0.25) is 13.1 Å². The molecule has 1 N–H and O–H groups in total. The van der Waals surface area contributed by atoms with Gasteiger partial charge in [0.2, 0.25) is 5.91 Å². The second-order valence-electron chi connectivity index (χ2n) is 9.55. The summed E-state index contributed by atoms with van der Waals surface area (Å²) in [7, 11) is -1.44. The largest absolute Gasteiger partial charge is 0.465 e. The average Bonchev–Trinajstić information content (AvgIpc) is 2.61. The summed E-state index contributed by atoms with van der Waals surface area (Å²) in [5.74, 6) is -3.05. The van der Waals surface area contributed by atoms with Crippen LogP contribution in [0.3, 0.4) is 0 Å². The summed E-state index contributed by atoms with van der Waals surface area (Å²) in [6.45, 7) is 18.0. The molecule has 1 fully saturated rings. The summed E-state index contributed by atoms with van der Waals surface area (Å²) in [5.41, 5.74) is -0.934. The maximum absolute atomic E-state index is 12.7. The van der Waals surface area contributed by atoms with Crippen molar-refractivity contribution in [3.05, 3.63) is 0 Å². The Morgan fingerprint density at radius 3 is 1.94 bits per heavy atom. The molecule has 178 valence electrons. The number of hydrogen-bond acceptors (Lipinski definition) is 7. The molecule has 1 saturated heterocycles. The van der Waals surface area contributed by atoms with Crippen LogP contribution in [0.5, 0.6) is 0 Å². The van der Waals surface area contributed by atoms with Gasteiger partial charge in [-0.3, -0.25) is 14.4 Å². The highest BCUT2D eigenvalue weighted by molar-refractivity contribution is 7.80. The van der Waals surface area contributed by atoms with E-state index in [1.807, 2.05) is 13.8 Å². The highest BCUT2D eigenvalue weighted by atomic mass is 32.1. The van der Waals surface area contributed by atoms with Crippen molar-refractivity contribution < 1.29 is 28.3 Å². The fourth-order valence-corrected chi connectivity index (χ4v) is 5.75. The van der Waals surface area contributed by atoms with E-state index in [1.165, 1.54) is 0 Å². The molecule has 1 amide bonds. The Hall–Kier alpha value is -1.32. The molecular weight excluding hydrogens is 434 g/mol. The summed E-state index contributed by atoms with van der Waals surface area (Å²) in [6, 6.07) is -0.234.